The number of anilines is 2. The number of benzene rings is 2. The van der Waals surface area contributed by atoms with E-state index >= 15 is 0 Å². The Morgan fingerprint density at radius 2 is 1.53 bits per heavy atom. The molecule has 2 atom stereocenters. The molecule has 0 aromatic heterocycles. The number of carbonyl (C=O) groups is 2. The van der Waals surface area contributed by atoms with Crippen LogP contribution >= 0.6 is 0 Å². The summed E-state index contributed by atoms with van der Waals surface area (Å²) < 4.78 is 11.7. The molecular formula is C26H28N4O6. The van der Waals surface area contributed by atoms with Gasteiger partial charge in [0.25, 0.3) is 5.91 Å². The molecule has 2 unspecified atom stereocenters. The third-order valence-corrected chi connectivity index (χ3v) is 6.15. The zero-order valence-electron chi connectivity index (χ0n) is 20.8. The average Bonchev–Trinajstić information content (AvgIpc) is 3.23. The van der Waals surface area contributed by atoms with Gasteiger partial charge in [-0.15, -0.1) is 0 Å². The van der Waals surface area contributed by atoms with E-state index < -0.39 is 23.4 Å². The van der Waals surface area contributed by atoms with Crippen LogP contribution in [0, 0.1) is 13.8 Å². The molecule has 1 saturated heterocycles. The molecule has 0 bridgehead atoms. The van der Waals surface area contributed by atoms with Gasteiger partial charge in [0.05, 0.1) is 17.5 Å². The van der Waals surface area contributed by atoms with E-state index in [0.29, 0.717) is 35.6 Å². The van der Waals surface area contributed by atoms with Gasteiger partial charge in [0.2, 0.25) is 12.2 Å². The maximum Gasteiger partial charge on any atom is 0.412 e. The lowest BCUT2D eigenvalue weighted by Crippen LogP contribution is -2.46. The third kappa shape index (κ3) is 6.12. The number of hydrogen-bond donors (Lipinski definition) is 2. The molecule has 10 heteroatoms. The fraction of sp³-hybridized carbons (Fsp3) is 0.385. The number of carbonyl (C=O) groups excluding carboxylic acids is 4. The molecule has 36 heavy (non-hydrogen) atoms. The van der Waals surface area contributed by atoms with Gasteiger partial charge in [-0.3, -0.25) is 10.1 Å². The minimum absolute atomic E-state index is 0.363. The van der Waals surface area contributed by atoms with E-state index in [-0.39, 0.29) is 5.91 Å². The van der Waals surface area contributed by atoms with Crippen molar-refractivity contribution in [1.29, 1.82) is 0 Å². The van der Waals surface area contributed by atoms with Crippen LogP contribution in [0.15, 0.2) is 46.4 Å². The molecule has 10 nitrogen and oxygen atoms in total. The Hall–Kier alpha value is -4.10. The predicted octanol–water partition coefficient (Wildman–Crippen LogP) is 5.14. The molecule has 0 aliphatic carbocycles. The highest BCUT2D eigenvalue weighted by atomic mass is 16.6. The van der Waals surface area contributed by atoms with Crippen LogP contribution in [0.25, 0.3) is 0 Å². The highest BCUT2D eigenvalue weighted by molar-refractivity contribution is 5.97. The Morgan fingerprint density at radius 1 is 1.00 bits per heavy atom. The zero-order valence-corrected chi connectivity index (χ0v) is 20.8. The summed E-state index contributed by atoms with van der Waals surface area (Å²) in [5.74, 6) is -0.363. The first-order chi connectivity index (χ1) is 17.0. The minimum Gasteiger partial charge on any atom is -0.441 e. The van der Waals surface area contributed by atoms with Crippen molar-refractivity contribution in [3.05, 3.63) is 47.5 Å². The van der Waals surface area contributed by atoms with Crippen molar-refractivity contribution < 1.29 is 28.7 Å². The molecule has 0 saturated carbocycles. The van der Waals surface area contributed by atoms with Crippen LogP contribution in [0.5, 0.6) is 0 Å². The van der Waals surface area contributed by atoms with E-state index in [0.717, 1.165) is 11.1 Å². The van der Waals surface area contributed by atoms with Gasteiger partial charge in [0.15, 0.2) is 0 Å². The van der Waals surface area contributed by atoms with E-state index in [4.69, 9.17) is 9.47 Å². The van der Waals surface area contributed by atoms with Crippen LogP contribution in [0.2, 0.25) is 0 Å². The maximum atomic E-state index is 13.0. The van der Waals surface area contributed by atoms with Gasteiger partial charge in [-0.05, 0) is 82.9 Å². The SMILES string of the molecule is Cc1ccc(NC(=O)OC(C)(C)C2CCC(C)(C(=O)Nc3ccc(C)c(N=C=O)c3)O2)cc1N=C=O. The number of nitrogens with one attached hydrogen (secondary N) is 2. The Morgan fingerprint density at radius 3 is 2.06 bits per heavy atom. The van der Waals surface area contributed by atoms with Crippen molar-refractivity contribution in [3.8, 4) is 0 Å². The lowest BCUT2D eigenvalue weighted by Gasteiger charge is -2.33. The average molecular weight is 493 g/mol. The summed E-state index contributed by atoms with van der Waals surface area (Å²) in [4.78, 5) is 54.1. The Bertz CT molecular complexity index is 1280. The van der Waals surface area contributed by atoms with Gasteiger partial charge in [-0.2, -0.15) is 9.98 Å². The standard InChI is InChI=1S/C26H28N4O6/c1-16-6-8-18(12-20(16)27-14-31)29-23(33)26(5)11-10-22(35-26)25(3,4)36-24(34)30-19-9-7-17(2)21(13-19)28-15-32/h6-9,12-13,22H,10-11H2,1-5H3,(H,29,33)(H,30,34). The van der Waals surface area contributed by atoms with Gasteiger partial charge in [0, 0.05) is 11.4 Å². The molecule has 2 amide bonds. The van der Waals surface area contributed by atoms with Gasteiger partial charge in [-0.25, -0.2) is 14.4 Å². The Balaban J connectivity index is 1.64. The smallest absolute Gasteiger partial charge is 0.412 e. The first kappa shape index (κ1) is 26.5. The summed E-state index contributed by atoms with van der Waals surface area (Å²) in [5, 5.41) is 5.43. The molecule has 0 radical (unpaired) electrons. The van der Waals surface area contributed by atoms with Crippen molar-refractivity contribution in [2.24, 2.45) is 9.98 Å². The summed E-state index contributed by atoms with van der Waals surface area (Å²) in [5.41, 5.74) is 1.01. The number of hydrogen-bond acceptors (Lipinski definition) is 8. The van der Waals surface area contributed by atoms with Crippen LogP contribution in [0.1, 0.15) is 44.7 Å². The molecule has 1 aliphatic heterocycles. The van der Waals surface area contributed by atoms with Crippen molar-refractivity contribution in [1.82, 2.24) is 0 Å². The second-order valence-electron chi connectivity index (χ2n) is 9.36. The molecular weight excluding hydrogens is 464 g/mol. The van der Waals surface area contributed by atoms with Gasteiger partial charge in [0.1, 0.15) is 11.2 Å². The number of amides is 2. The van der Waals surface area contributed by atoms with Crippen LogP contribution < -0.4 is 10.6 Å². The summed E-state index contributed by atoms with van der Waals surface area (Å²) in [6, 6.07) is 9.95. The van der Waals surface area contributed by atoms with Crippen LogP contribution in [-0.4, -0.2) is 41.5 Å². The maximum absolute atomic E-state index is 13.0. The predicted molar refractivity (Wildman–Crippen MR) is 133 cm³/mol. The van der Waals surface area contributed by atoms with E-state index in [1.165, 1.54) is 12.2 Å². The molecule has 1 heterocycles. The van der Waals surface area contributed by atoms with Crippen molar-refractivity contribution in [2.45, 2.75) is 64.8 Å². The lowest BCUT2D eigenvalue weighted by molar-refractivity contribution is -0.149. The quantitative estimate of drug-likeness (QED) is 0.406. The van der Waals surface area contributed by atoms with Gasteiger partial charge in [-0.1, -0.05) is 12.1 Å². The highest BCUT2D eigenvalue weighted by Gasteiger charge is 2.49. The van der Waals surface area contributed by atoms with Crippen molar-refractivity contribution in [2.75, 3.05) is 10.6 Å². The van der Waals surface area contributed by atoms with Gasteiger partial charge >= 0.3 is 6.09 Å². The topological polar surface area (TPSA) is 136 Å². The summed E-state index contributed by atoms with van der Waals surface area (Å²) in [6.07, 6.45) is 2.63. The summed E-state index contributed by atoms with van der Waals surface area (Å²) in [6.45, 7) is 8.67. The van der Waals surface area contributed by atoms with Crippen molar-refractivity contribution in [3.63, 3.8) is 0 Å². The molecule has 3 rings (SSSR count). The highest BCUT2D eigenvalue weighted by Crippen LogP contribution is 2.38. The second kappa shape index (κ2) is 10.7. The second-order valence-corrected chi connectivity index (χ2v) is 9.36. The molecule has 1 aliphatic rings. The molecule has 188 valence electrons. The molecule has 2 aromatic carbocycles. The van der Waals surface area contributed by atoms with Crippen LogP contribution in [0.3, 0.4) is 0 Å². The van der Waals surface area contributed by atoms with E-state index in [2.05, 4.69) is 20.6 Å². The number of isocyanates is 2. The zero-order chi connectivity index (χ0) is 26.5. The Labute approximate surface area is 208 Å². The first-order valence-electron chi connectivity index (χ1n) is 11.3. The third-order valence-electron chi connectivity index (χ3n) is 6.15. The van der Waals surface area contributed by atoms with Gasteiger partial charge < -0.3 is 14.8 Å². The van der Waals surface area contributed by atoms with E-state index in [1.54, 1.807) is 71.0 Å². The van der Waals surface area contributed by atoms with E-state index in [1.807, 2.05) is 0 Å². The molecule has 2 aromatic rings. The number of aryl methyl sites for hydroxylation is 2. The van der Waals surface area contributed by atoms with E-state index in [9.17, 15) is 19.2 Å². The number of aliphatic imine (C=N–C) groups is 2. The number of ether oxygens (including phenoxy) is 2. The summed E-state index contributed by atoms with van der Waals surface area (Å²) in [7, 11) is 0. The largest absolute Gasteiger partial charge is 0.441 e. The molecule has 0 spiro atoms. The summed E-state index contributed by atoms with van der Waals surface area (Å²) >= 11 is 0. The first-order valence-corrected chi connectivity index (χ1v) is 11.3. The van der Waals surface area contributed by atoms with Crippen molar-refractivity contribution >= 4 is 46.9 Å². The fourth-order valence-corrected chi connectivity index (χ4v) is 3.92. The normalized spacial score (nSPS) is 19.0. The minimum atomic E-state index is -1.15. The molecule has 2 N–H and O–H groups in total. The Kier molecular flexibility index (Phi) is 7.85. The van der Waals surface area contributed by atoms with Crippen LogP contribution in [0.4, 0.5) is 27.5 Å². The fourth-order valence-electron chi connectivity index (χ4n) is 3.92. The number of nitrogens with zero attached hydrogens (tertiary/aromatic N) is 2. The number of rotatable bonds is 7. The van der Waals surface area contributed by atoms with Crippen LogP contribution in [-0.2, 0) is 23.9 Å². The molecule has 1 fully saturated rings. The lowest BCUT2D eigenvalue weighted by atomic mass is 9.96. The monoisotopic (exact) mass is 492 g/mol.